The first-order valence-corrected chi connectivity index (χ1v) is 10.3. The maximum absolute atomic E-state index is 13.6. The number of ether oxygens (including phenoxy) is 2. The van der Waals surface area contributed by atoms with Crippen LogP contribution in [0.25, 0.3) is 0 Å². The predicted octanol–water partition coefficient (Wildman–Crippen LogP) is 3.60. The van der Waals surface area contributed by atoms with E-state index in [4.69, 9.17) is 9.47 Å². The number of fused-ring (bicyclic) bond motifs is 2. The lowest BCUT2D eigenvalue weighted by Crippen LogP contribution is -2.41. The Morgan fingerprint density at radius 1 is 1.00 bits per heavy atom. The van der Waals surface area contributed by atoms with Gasteiger partial charge in [-0.3, -0.25) is 9.59 Å². The maximum atomic E-state index is 13.6. The van der Waals surface area contributed by atoms with Gasteiger partial charge in [0.25, 0.3) is 5.91 Å². The van der Waals surface area contributed by atoms with Gasteiger partial charge in [-0.2, -0.15) is 0 Å². The third-order valence-electron chi connectivity index (χ3n) is 5.75. The molecule has 3 aromatic rings. The molecule has 0 aromatic heterocycles. The summed E-state index contributed by atoms with van der Waals surface area (Å²) in [6.45, 7) is 0.899. The average molecular weight is 433 g/mol. The van der Waals surface area contributed by atoms with Crippen molar-refractivity contribution < 1.29 is 28.6 Å². The summed E-state index contributed by atoms with van der Waals surface area (Å²) in [7, 11) is 0. The fourth-order valence-corrected chi connectivity index (χ4v) is 4.20. The number of carbonyl (C=O) groups excluding carboxylic acids is 2. The number of hydrogen-bond donors (Lipinski definition) is 1. The lowest BCUT2D eigenvalue weighted by molar-refractivity contribution is -0.136. The molecule has 7 heteroatoms. The van der Waals surface area contributed by atoms with E-state index in [-0.39, 0.29) is 6.54 Å². The van der Waals surface area contributed by atoms with Crippen LogP contribution in [0.3, 0.4) is 0 Å². The highest BCUT2D eigenvalue weighted by Crippen LogP contribution is 2.44. The predicted molar refractivity (Wildman–Crippen MR) is 114 cm³/mol. The van der Waals surface area contributed by atoms with Gasteiger partial charge in [0, 0.05) is 11.1 Å². The molecule has 0 fully saturated rings. The van der Waals surface area contributed by atoms with Crippen molar-refractivity contribution in [3.63, 3.8) is 0 Å². The van der Waals surface area contributed by atoms with Gasteiger partial charge in [0.2, 0.25) is 0 Å². The van der Waals surface area contributed by atoms with Crippen molar-refractivity contribution in [2.75, 3.05) is 18.1 Å². The molecule has 0 aliphatic carbocycles. The number of halogens is 1. The smallest absolute Gasteiger partial charge is 0.264 e. The molecule has 0 spiro atoms. The number of para-hydroxylation sites is 1. The zero-order chi connectivity index (χ0) is 22.3. The molecule has 1 amide bonds. The van der Waals surface area contributed by atoms with Crippen LogP contribution in [-0.2, 0) is 16.9 Å². The van der Waals surface area contributed by atoms with Gasteiger partial charge in [-0.1, -0.05) is 30.3 Å². The number of anilines is 1. The van der Waals surface area contributed by atoms with Crippen molar-refractivity contribution in [2.24, 2.45) is 0 Å². The first-order valence-electron chi connectivity index (χ1n) is 10.3. The number of hydrogen-bond acceptors (Lipinski definition) is 5. The molecular formula is C25H20FNO5. The molecule has 2 aliphatic rings. The standard InChI is InChI=1S/C25H20FNO5/c26-18-5-3-4-16(12-18)15-27-20-7-2-1-6-19(20)25(30,24(27)29)14-21(28)17-8-9-22-23(13-17)32-11-10-31-22/h1-9,12-13,30H,10-11,14-15H2. The van der Waals surface area contributed by atoms with E-state index in [2.05, 4.69) is 0 Å². The number of rotatable bonds is 5. The third kappa shape index (κ3) is 3.40. The van der Waals surface area contributed by atoms with Gasteiger partial charge >= 0.3 is 0 Å². The highest BCUT2D eigenvalue weighted by molar-refractivity contribution is 6.10. The van der Waals surface area contributed by atoms with E-state index in [1.54, 1.807) is 54.6 Å². The molecule has 0 bridgehead atoms. The fourth-order valence-electron chi connectivity index (χ4n) is 4.20. The van der Waals surface area contributed by atoms with E-state index in [1.165, 1.54) is 17.0 Å². The average Bonchev–Trinajstić information content (AvgIpc) is 3.01. The zero-order valence-corrected chi connectivity index (χ0v) is 17.1. The number of benzene rings is 3. The summed E-state index contributed by atoms with van der Waals surface area (Å²) < 4.78 is 24.7. The van der Waals surface area contributed by atoms with Gasteiger partial charge < -0.3 is 19.5 Å². The summed E-state index contributed by atoms with van der Waals surface area (Å²) in [5.41, 5.74) is -0.271. The van der Waals surface area contributed by atoms with Crippen molar-refractivity contribution in [3.05, 3.63) is 89.2 Å². The number of aliphatic hydroxyl groups is 1. The quantitative estimate of drug-likeness (QED) is 0.623. The van der Waals surface area contributed by atoms with Crippen LogP contribution in [0.1, 0.15) is 27.9 Å². The Bertz CT molecular complexity index is 1230. The Balaban J connectivity index is 1.45. The summed E-state index contributed by atoms with van der Waals surface area (Å²) in [5.74, 6) is -0.421. The Kier molecular flexibility index (Phi) is 4.90. The molecule has 1 unspecified atom stereocenters. The normalized spacial score (nSPS) is 19.1. The largest absolute Gasteiger partial charge is 0.486 e. The molecule has 32 heavy (non-hydrogen) atoms. The molecule has 3 aromatic carbocycles. The van der Waals surface area contributed by atoms with Crippen molar-refractivity contribution in [2.45, 2.75) is 18.6 Å². The highest BCUT2D eigenvalue weighted by Gasteiger charge is 2.50. The van der Waals surface area contributed by atoms with E-state index < -0.39 is 29.5 Å². The second-order valence-corrected chi connectivity index (χ2v) is 7.86. The SMILES string of the molecule is O=C(CC1(O)C(=O)N(Cc2cccc(F)c2)c2ccccc21)c1ccc2c(c1)OCCO2. The second-order valence-electron chi connectivity index (χ2n) is 7.86. The van der Waals surface area contributed by atoms with Crippen molar-refractivity contribution in [3.8, 4) is 11.5 Å². The Labute approximate surface area is 183 Å². The van der Waals surface area contributed by atoms with Gasteiger partial charge in [-0.25, -0.2) is 4.39 Å². The minimum atomic E-state index is -2.02. The van der Waals surface area contributed by atoms with Crippen LogP contribution in [0.15, 0.2) is 66.7 Å². The van der Waals surface area contributed by atoms with E-state index in [0.29, 0.717) is 47.1 Å². The minimum absolute atomic E-state index is 0.0775. The number of amides is 1. The minimum Gasteiger partial charge on any atom is -0.486 e. The van der Waals surface area contributed by atoms with Crippen LogP contribution in [-0.4, -0.2) is 30.0 Å². The molecule has 5 rings (SSSR count). The summed E-state index contributed by atoms with van der Waals surface area (Å²) in [6, 6.07) is 17.5. The first-order chi connectivity index (χ1) is 15.5. The topological polar surface area (TPSA) is 76.1 Å². The van der Waals surface area contributed by atoms with Crippen LogP contribution in [0, 0.1) is 5.82 Å². The fraction of sp³-hybridized carbons (Fsp3) is 0.200. The van der Waals surface area contributed by atoms with Crippen LogP contribution >= 0.6 is 0 Å². The number of carbonyl (C=O) groups is 2. The van der Waals surface area contributed by atoms with Gasteiger partial charge in [0.15, 0.2) is 22.9 Å². The summed E-state index contributed by atoms with van der Waals surface area (Å²) >= 11 is 0. The lowest BCUT2D eigenvalue weighted by Gasteiger charge is -2.23. The van der Waals surface area contributed by atoms with Crippen molar-refractivity contribution in [1.29, 1.82) is 0 Å². The van der Waals surface area contributed by atoms with Gasteiger partial charge in [0.05, 0.1) is 18.7 Å². The Hall–Kier alpha value is -3.71. The molecule has 2 aliphatic heterocycles. The number of nitrogens with zero attached hydrogens (tertiary/aromatic N) is 1. The molecule has 2 heterocycles. The zero-order valence-electron chi connectivity index (χ0n) is 17.1. The van der Waals surface area contributed by atoms with Gasteiger partial charge in [-0.05, 0) is 42.0 Å². The van der Waals surface area contributed by atoms with Crippen molar-refractivity contribution in [1.82, 2.24) is 0 Å². The maximum Gasteiger partial charge on any atom is 0.264 e. The third-order valence-corrected chi connectivity index (χ3v) is 5.75. The van der Waals surface area contributed by atoms with E-state index in [1.807, 2.05) is 0 Å². The van der Waals surface area contributed by atoms with Gasteiger partial charge in [0.1, 0.15) is 19.0 Å². The molecule has 6 nitrogen and oxygen atoms in total. The summed E-state index contributed by atoms with van der Waals surface area (Å²) in [4.78, 5) is 27.8. The molecule has 0 radical (unpaired) electrons. The second kappa shape index (κ2) is 7.76. The van der Waals surface area contributed by atoms with E-state index >= 15 is 0 Å². The molecule has 0 saturated carbocycles. The Morgan fingerprint density at radius 3 is 2.59 bits per heavy atom. The molecule has 1 atom stereocenters. The van der Waals surface area contributed by atoms with Crippen LogP contribution in [0.2, 0.25) is 0 Å². The molecule has 1 N–H and O–H groups in total. The van der Waals surface area contributed by atoms with Crippen molar-refractivity contribution >= 4 is 17.4 Å². The number of Topliss-reactive ketones (excluding diaryl/α,β-unsaturated/α-hetero) is 1. The van der Waals surface area contributed by atoms with Crippen LogP contribution in [0.5, 0.6) is 11.5 Å². The summed E-state index contributed by atoms with van der Waals surface area (Å²) in [6.07, 6.45) is -0.428. The van der Waals surface area contributed by atoms with Gasteiger partial charge in [-0.15, -0.1) is 0 Å². The van der Waals surface area contributed by atoms with E-state index in [9.17, 15) is 19.1 Å². The molecule has 162 valence electrons. The summed E-state index contributed by atoms with van der Waals surface area (Å²) in [5, 5.41) is 11.4. The van der Waals surface area contributed by atoms with E-state index in [0.717, 1.165) is 0 Å². The van der Waals surface area contributed by atoms with Crippen LogP contribution in [0.4, 0.5) is 10.1 Å². The Morgan fingerprint density at radius 2 is 1.78 bits per heavy atom. The van der Waals surface area contributed by atoms with Crippen LogP contribution < -0.4 is 14.4 Å². The highest BCUT2D eigenvalue weighted by atomic mass is 19.1. The molecular weight excluding hydrogens is 413 g/mol. The number of ketones is 1. The lowest BCUT2D eigenvalue weighted by atomic mass is 9.88. The monoisotopic (exact) mass is 433 g/mol. The molecule has 0 saturated heterocycles. The first kappa shape index (κ1) is 20.2.